The zero-order valence-electron chi connectivity index (χ0n) is 21.8. The summed E-state index contributed by atoms with van der Waals surface area (Å²) in [7, 11) is 3.69. The molecule has 1 atom stereocenters. The van der Waals surface area contributed by atoms with Crippen molar-refractivity contribution in [2.75, 3.05) is 27.2 Å². The molecule has 190 valence electrons. The number of carboxylic acid groups (broad SMARTS) is 1. The fraction of sp³-hybridized carbons (Fsp3) is 0.926. The van der Waals surface area contributed by atoms with Crippen molar-refractivity contribution in [3.63, 3.8) is 0 Å². The van der Waals surface area contributed by atoms with Crippen LogP contribution in [0.1, 0.15) is 129 Å². The molecule has 0 aliphatic heterocycles. The Kier molecular flexibility index (Phi) is 19.8. The molecule has 0 N–H and O–H groups in total. The third kappa shape index (κ3) is 20.8. The van der Waals surface area contributed by atoms with Gasteiger partial charge in [-0.25, -0.2) is 0 Å². The average Bonchev–Trinajstić information content (AvgIpc) is 2.71. The zero-order chi connectivity index (χ0) is 24.1. The topological polar surface area (TPSA) is 66.4 Å². The van der Waals surface area contributed by atoms with E-state index in [0.717, 1.165) is 19.3 Å². The Labute approximate surface area is 198 Å². The van der Waals surface area contributed by atoms with Crippen LogP contribution in [0.25, 0.3) is 0 Å². The first-order chi connectivity index (χ1) is 15.3. The average molecular weight is 456 g/mol. The summed E-state index contributed by atoms with van der Waals surface area (Å²) in [5.41, 5.74) is 0. The number of rotatable bonds is 23. The van der Waals surface area contributed by atoms with Gasteiger partial charge in [0.25, 0.3) is 0 Å². The molecule has 0 heterocycles. The standard InChI is InChI=1S/C27H53NO4/c1-5-7-8-9-10-11-12-13-14-15-16-17-18-19-20-21-22-25(32-27(31)6-2)23-28(3,4)24-26(29)30/h25H,5-24H2,1-4H3. The third-order valence-electron chi connectivity index (χ3n) is 6.22. The van der Waals surface area contributed by atoms with Gasteiger partial charge in [-0.15, -0.1) is 0 Å². The Balaban J connectivity index is 3.74. The van der Waals surface area contributed by atoms with Gasteiger partial charge in [0, 0.05) is 6.42 Å². The maximum absolute atomic E-state index is 11.7. The Bertz CT molecular complexity index is 465. The van der Waals surface area contributed by atoms with Gasteiger partial charge in [-0.2, -0.15) is 0 Å². The molecule has 0 saturated heterocycles. The largest absolute Gasteiger partial charge is 0.544 e. The molecular formula is C27H53NO4. The number of unbranched alkanes of at least 4 members (excludes halogenated alkanes) is 15. The van der Waals surface area contributed by atoms with Gasteiger partial charge in [0.15, 0.2) is 6.10 Å². The highest BCUT2D eigenvalue weighted by atomic mass is 16.5. The van der Waals surface area contributed by atoms with Gasteiger partial charge in [0.2, 0.25) is 0 Å². The van der Waals surface area contributed by atoms with Crippen molar-refractivity contribution in [3.8, 4) is 0 Å². The lowest BCUT2D eigenvalue weighted by Gasteiger charge is -2.33. The van der Waals surface area contributed by atoms with Gasteiger partial charge in [-0.05, 0) is 12.8 Å². The van der Waals surface area contributed by atoms with Crippen LogP contribution >= 0.6 is 0 Å². The molecule has 0 amide bonds. The molecule has 0 aliphatic rings. The molecule has 5 heteroatoms. The number of hydrogen-bond acceptors (Lipinski definition) is 4. The maximum atomic E-state index is 11.7. The van der Waals surface area contributed by atoms with Crippen molar-refractivity contribution in [2.24, 2.45) is 0 Å². The molecule has 1 unspecified atom stereocenters. The van der Waals surface area contributed by atoms with Gasteiger partial charge in [0.05, 0.1) is 20.1 Å². The number of carboxylic acids is 1. The Morgan fingerprint density at radius 1 is 0.719 bits per heavy atom. The minimum absolute atomic E-state index is 0.0703. The van der Waals surface area contributed by atoms with E-state index in [0.29, 0.717) is 13.0 Å². The second-order valence-corrected chi connectivity index (χ2v) is 10.2. The summed E-state index contributed by atoms with van der Waals surface area (Å²) in [4.78, 5) is 22.7. The Hall–Kier alpha value is -1.10. The van der Waals surface area contributed by atoms with E-state index in [2.05, 4.69) is 6.92 Å². The zero-order valence-corrected chi connectivity index (χ0v) is 21.8. The lowest BCUT2D eigenvalue weighted by molar-refractivity contribution is -0.887. The van der Waals surface area contributed by atoms with E-state index in [9.17, 15) is 14.7 Å². The number of quaternary nitrogens is 1. The number of likely N-dealkylation sites (N-methyl/N-ethyl adjacent to an activating group) is 1. The number of aliphatic carboxylic acids is 1. The smallest absolute Gasteiger partial charge is 0.305 e. The molecule has 0 bridgehead atoms. The molecule has 0 aromatic heterocycles. The van der Waals surface area contributed by atoms with Gasteiger partial charge >= 0.3 is 5.97 Å². The first kappa shape index (κ1) is 30.9. The van der Waals surface area contributed by atoms with Crippen molar-refractivity contribution >= 4 is 11.9 Å². The summed E-state index contributed by atoms with van der Waals surface area (Å²) >= 11 is 0. The van der Waals surface area contributed by atoms with Crippen molar-refractivity contribution in [1.82, 2.24) is 0 Å². The van der Waals surface area contributed by atoms with Crippen LogP contribution in [0.5, 0.6) is 0 Å². The predicted molar refractivity (Wildman–Crippen MR) is 131 cm³/mol. The molecule has 0 spiro atoms. The molecule has 0 radical (unpaired) electrons. The molecule has 0 rings (SSSR count). The van der Waals surface area contributed by atoms with E-state index in [1.165, 1.54) is 89.9 Å². The normalized spacial score (nSPS) is 12.6. The van der Waals surface area contributed by atoms with Gasteiger partial charge < -0.3 is 19.1 Å². The molecule has 5 nitrogen and oxygen atoms in total. The van der Waals surface area contributed by atoms with Crippen LogP contribution in [-0.2, 0) is 14.3 Å². The summed E-state index contributed by atoms with van der Waals surface area (Å²) in [5.74, 6) is -1.28. The van der Waals surface area contributed by atoms with Gasteiger partial charge in [0.1, 0.15) is 13.1 Å². The minimum Gasteiger partial charge on any atom is -0.544 e. The summed E-state index contributed by atoms with van der Waals surface area (Å²) in [5, 5.41) is 11.0. The van der Waals surface area contributed by atoms with E-state index in [-0.39, 0.29) is 23.1 Å². The Morgan fingerprint density at radius 3 is 1.50 bits per heavy atom. The molecular weight excluding hydrogens is 402 g/mol. The predicted octanol–water partition coefficient (Wildman–Crippen LogP) is 5.79. The molecule has 0 saturated carbocycles. The lowest BCUT2D eigenvalue weighted by atomic mass is 10.0. The van der Waals surface area contributed by atoms with Crippen LogP contribution < -0.4 is 5.11 Å². The fourth-order valence-electron chi connectivity index (χ4n) is 4.34. The van der Waals surface area contributed by atoms with Crippen LogP contribution in [0.15, 0.2) is 0 Å². The van der Waals surface area contributed by atoms with Crippen molar-refractivity contribution in [3.05, 3.63) is 0 Å². The van der Waals surface area contributed by atoms with E-state index >= 15 is 0 Å². The highest BCUT2D eigenvalue weighted by Crippen LogP contribution is 2.16. The lowest BCUT2D eigenvalue weighted by Crippen LogP contribution is -2.52. The molecule has 0 aromatic carbocycles. The fourth-order valence-corrected chi connectivity index (χ4v) is 4.34. The van der Waals surface area contributed by atoms with Crippen LogP contribution in [-0.4, -0.2) is 49.7 Å². The Morgan fingerprint density at radius 2 is 1.12 bits per heavy atom. The second-order valence-electron chi connectivity index (χ2n) is 10.2. The number of nitrogens with zero attached hydrogens (tertiary/aromatic N) is 1. The van der Waals surface area contributed by atoms with Crippen molar-refractivity contribution in [2.45, 2.75) is 136 Å². The highest BCUT2D eigenvalue weighted by molar-refractivity contribution is 5.69. The number of esters is 1. The van der Waals surface area contributed by atoms with Gasteiger partial charge in [-0.1, -0.05) is 110 Å². The summed E-state index contributed by atoms with van der Waals surface area (Å²) < 4.78 is 5.84. The van der Waals surface area contributed by atoms with Gasteiger partial charge in [-0.3, -0.25) is 4.79 Å². The molecule has 0 fully saturated rings. The van der Waals surface area contributed by atoms with E-state index in [1.807, 2.05) is 14.1 Å². The molecule has 32 heavy (non-hydrogen) atoms. The van der Waals surface area contributed by atoms with E-state index in [4.69, 9.17) is 4.74 Å². The van der Waals surface area contributed by atoms with Crippen molar-refractivity contribution in [1.29, 1.82) is 0 Å². The monoisotopic (exact) mass is 455 g/mol. The first-order valence-corrected chi connectivity index (χ1v) is 13.5. The number of carbonyl (C=O) groups excluding carboxylic acids is 2. The van der Waals surface area contributed by atoms with Crippen LogP contribution in [0.3, 0.4) is 0 Å². The highest BCUT2D eigenvalue weighted by Gasteiger charge is 2.24. The van der Waals surface area contributed by atoms with Crippen LogP contribution in [0, 0.1) is 0 Å². The first-order valence-electron chi connectivity index (χ1n) is 13.5. The summed E-state index contributed by atoms with van der Waals surface area (Å²) in [6, 6.07) is 0. The summed E-state index contributed by atoms with van der Waals surface area (Å²) in [6.45, 7) is 4.50. The number of ether oxygens (including phenoxy) is 1. The number of carbonyl (C=O) groups is 2. The van der Waals surface area contributed by atoms with E-state index < -0.39 is 5.97 Å². The molecule has 0 aromatic rings. The van der Waals surface area contributed by atoms with Crippen LogP contribution in [0.2, 0.25) is 0 Å². The van der Waals surface area contributed by atoms with Crippen molar-refractivity contribution < 1.29 is 23.9 Å². The number of hydrogen-bond donors (Lipinski definition) is 0. The maximum Gasteiger partial charge on any atom is 0.305 e. The van der Waals surface area contributed by atoms with E-state index in [1.54, 1.807) is 6.92 Å². The molecule has 0 aliphatic carbocycles. The third-order valence-corrected chi connectivity index (χ3v) is 6.22. The summed E-state index contributed by atoms with van der Waals surface area (Å²) in [6.07, 6.45) is 22.3. The second kappa shape index (κ2) is 20.5. The SMILES string of the molecule is CCCCCCCCCCCCCCCCCCC(C[N+](C)(C)CC(=O)[O-])OC(=O)CC. The minimum atomic E-state index is -1.07. The van der Waals surface area contributed by atoms with Crippen LogP contribution in [0.4, 0.5) is 0 Å². The quantitative estimate of drug-likeness (QED) is 0.111.